The van der Waals surface area contributed by atoms with Crippen molar-refractivity contribution in [3.8, 4) is 0 Å². The first kappa shape index (κ1) is 20.8. The highest BCUT2D eigenvalue weighted by molar-refractivity contribution is 5.78. The van der Waals surface area contributed by atoms with Gasteiger partial charge in [-0.3, -0.25) is 9.59 Å². The largest absolute Gasteiger partial charge is 0.460 e. The number of anilines is 1. The maximum Gasteiger partial charge on any atom is 0.303 e. The molecule has 3 N–H and O–H groups in total. The molecule has 2 unspecified atom stereocenters. The van der Waals surface area contributed by atoms with E-state index in [1.54, 1.807) is 18.2 Å². The molecule has 0 saturated heterocycles. The van der Waals surface area contributed by atoms with Crippen LogP contribution in [0.15, 0.2) is 42.5 Å². The number of amides is 1. The SMILES string of the molecule is CC(=O)OC(C)(C)CC1CCc2ccccc2C1NC(=O)Cc1cccc(N)n1. The van der Waals surface area contributed by atoms with Crippen molar-refractivity contribution in [2.75, 3.05) is 5.73 Å². The maximum absolute atomic E-state index is 12.8. The van der Waals surface area contributed by atoms with Gasteiger partial charge in [-0.25, -0.2) is 4.98 Å². The average Bonchev–Trinajstić information content (AvgIpc) is 2.62. The van der Waals surface area contributed by atoms with Crippen molar-refractivity contribution in [2.45, 2.75) is 58.1 Å². The number of hydrogen-bond acceptors (Lipinski definition) is 5. The van der Waals surface area contributed by atoms with E-state index in [2.05, 4.69) is 22.4 Å². The molecule has 1 aliphatic carbocycles. The molecule has 1 amide bonds. The van der Waals surface area contributed by atoms with E-state index in [-0.39, 0.29) is 30.3 Å². The van der Waals surface area contributed by atoms with Gasteiger partial charge in [0.05, 0.1) is 18.2 Å². The van der Waals surface area contributed by atoms with Crippen LogP contribution in [0.5, 0.6) is 0 Å². The fourth-order valence-corrected chi connectivity index (χ4v) is 4.29. The van der Waals surface area contributed by atoms with E-state index < -0.39 is 5.60 Å². The van der Waals surface area contributed by atoms with Gasteiger partial charge >= 0.3 is 5.97 Å². The minimum Gasteiger partial charge on any atom is -0.460 e. The summed E-state index contributed by atoms with van der Waals surface area (Å²) >= 11 is 0. The Kier molecular flexibility index (Phi) is 6.20. The van der Waals surface area contributed by atoms with E-state index in [0.717, 1.165) is 18.4 Å². The Bertz CT molecular complexity index is 894. The summed E-state index contributed by atoms with van der Waals surface area (Å²) in [5.41, 5.74) is 8.16. The van der Waals surface area contributed by atoms with E-state index in [0.29, 0.717) is 17.9 Å². The van der Waals surface area contributed by atoms with Crippen LogP contribution in [0.3, 0.4) is 0 Å². The van der Waals surface area contributed by atoms with Crippen molar-refractivity contribution in [3.63, 3.8) is 0 Å². The van der Waals surface area contributed by atoms with E-state index in [4.69, 9.17) is 10.5 Å². The molecule has 6 heteroatoms. The zero-order valence-corrected chi connectivity index (χ0v) is 17.3. The molecule has 1 aliphatic rings. The molecule has 0 spiro atoms. The van der Waals surface area contributed by atoms with Gasteiger partial charge in [-0.05, 0) is 62.3 Å². The van der Waals surface area contributed by atoms with Crippen LogP contribution in [0.1, 0.15) is 56.5 Å². The molecule has 1 aromatic carbocycles. The minimum atomic E-state index is -0.596. The minimum absolute atomic E-state index is 0.0971. The number of ether oxygens (including phenoxy) is 1. The number of nitrogens with one attached hydrogen (secondary N) is 1. The molecule has 2 atom stereocenters. The van der Waals surface area contributed by atoms with E-state index >= 15 is 0 Å². The third kappa shape index (κ3) is 5.56. The molecule has 29 heavy (non-hydrogen) atoms. The molecule has 3 rings (SSSR count). The second-order valence-electron chi connectivity index (χ2n) is 8.33. The average molecular weight is 396 g/mol. The zero-order chi connectivity index (χ0) is 21.0. The number of pyridine rings is 1. The van der Waals surface area contributed by atoms with Gasteiger partial charge in [0.1, 0.15) is 11.4 Å². The second-order valence-corrected chi connectivity index (χ2v) is 8.33. The monoisotopic (exact) mass is 395 g/mol. The molecule has 1 heterocycles. The summed E-state index contributed by atoms with van der Waals surface area (Å²) < 4.78 is 5.52. The molecule has 0 radical (unpaired) electrons. The normalized spacial score (nSPS) is 18.6. The number of rotatable bonds is 6. The van der Waals surface area contributed by atoms with Crippen molar-refractivity contribution in [2.24, 2.45) is 5.92 Å². The standard InChI is InChI=1S/C23H29N3O3/c1-15(27)29-23(2,3)14-17-12-11-16-7-4-5-9-19(16)22(17)26-21(28)13-18-8-6-10-20(24)25-18/h4-10,17,22H,11-14H2,1-3H3,(H2,24,25)(H,26,28). The van der Waals surface area contributed by atoms with Gasteiger partial charge in [-0.1, -0.05) is 30.3 Å². The van der Waals surface area contributed by atoms with Crippen LogP contribution < -0.4 is 11.1 Å². The number of hydrogen-bond donors (Lipinski definition) is 2. The number of esters is 1. The smallest absolute Gasteiger partial charge is 0.303 e. The van der Waals surface area contributed by atoms with Gasteiger partial charge < -0.3 is 15.8 Å². The summed E-state index contributed by atoms with van der Waals surface area (Å²) in [6, 6.07) is 13.4. The molecule has 0 fully saturated rings. The lowest BCUT2D eigenvalue weighted by Crippen LogP contribution is -2.41. The highest BCUT2D eigenvalue weighted by atomic mass is 16.6. The highest BCUT2D eigenvalue weighted by Gasteiger charge is 2.35. The lowest BCUT2D eigenvalue weighted by atomic mass is 9.75. The van der Waals surface area contributed by atoms with E-state index in [1.807, 2.05) is 26.0 Å². The Morgan fingerprint density at radius 2 is 1.97 bits per heavy atom. The van der Waals surface area contributed by atoms with E-state index in [9.17, 15) is 9.59 Å². The Morgan fingerprint density at radius 1 is 1.21 bits per heavy atom. The summed E-state index contributed by atoms with van der Waals surface area (Å²) in [5, 5.41) is 3.21. The van der Waals surface area contributed by atoms with Crippen molar-refractivity contribution in [3.05, 3.63) is 59.3 Å². The summed E-state index contributed by atoms with van der Waals surface area (Å²) in [6.07, 6.45) is 2.70. The third-order valence-electron chi connectivity index (χ3n) is 5.31. The summed E-state index contributed by atoms with van der Waals surface area (Å²) in [6.45, 7) is 5.27. The van der Waals surface area contributed by atoms with Gasteiger partial charge in [0.2, 0.25) is 5.91 Å². The molecule has 154 valence electrons. The van der Waals surface area contributed by atoms with Gasteiger partial charge in [-0.2, -0.15) is 0 Å². The Labute approximate surface area is 171 Å². The number of nitrogens with zero attached hydrogens (tertiary/aromatic N) is 1. The quantitative estimate of drug-likeness (QED) is 0.732. The number of nitrogens with two attached hydrogens (primary N) is 1. The van der Waals surface area contributed by atoms with Gasteiger partial charge in [0, 0.05) is 6.92 Å². The number of aromatic nitrogens is 1. The van der Waals surface area contributed by atoms with Crippen molar-refractivity contribution >= 4 is 17.7 Å². The van der Waals surface area contributed by atoms with Crippen LogP contribution in [-0.4, -0.2) is 22.5 Å². The predicted octanol–water partition coefficient (Wildman–Crippen LogP) is 3.36. The molecule has 0 aliphatic heterocycles. The number of carbonyl (C=O) groups excluding carboxylic acids is 2. The first-order chi connectivity index (χ1) is 13.7. The first-order valence-corrected chi connectivity index (χ1v) is 10.0. The van der Waals surface area contributed by atoms with Crippen LogP contribution in [0.4, 0.5) is 5.82 Å². The van der Waals surface area contributed by atoms with Gasteiger partial charge in [-0.15, -0.1) is 0 Å². The van der Waals surface area contributed by atoms with Crippen LogP contribution in [-0.2, 0) is 27.2 Å². The van der Waals surface area contributed by atoms with Crippen LogP contribution >= 0.6 is 0 Å². The highest BCUT2D eigenvalue weighted by Crippen LogP contribution is 2.39. The lowest BCUT2D eigenvalue weighted by Gasteiger charge is -2.38. The van der Waals surface area contributed by atoms with Crippen LogP contribution in [0.2, 0.25) is 0 Å². The Balaban J connectivity index is 1.80. The summed E-state index contributed by atoms with van der Waals surface area (Å²) in [4.78, 5) is 28.5. The molecular weight excluding hydrogens is 366 g/mol. The summed E-state index contributed by atoms with van der Waals surface area (Å²) in [7, 11) is 0. The first-order valence-electron chi connectivity index (χ1n) is 10.0. The Hall–Kier alpha value is -2.89. The zero-order valence-electron chi connectivity index (χ0n) is 17.3. The van der Waals surface area contributed by atoms with Gasteiger partial charge in [0.25, 0.3) is 0 Å². The second kappa shape index (κ2) is 8.64. The molecule has 6 nitrogen and oxygen atoms in total. The topological polar surface area (TPSA) is 94.3 Å². The third-order valence-corrected chi connectivity index (χ3v) is 5.31. The Morgan fingerprint density at radius 3 is 2.69 bits per heavy atom. The number of nitrogen functional groups attached to an aromatic ring is 1. The number of carbonyl (C=O) groups is 2. The van der Waals surface area contributed by atoms with Gasteiger partial charge in [0.15, 0.2) is 0 Å². The lowest BCUT2D eigenvalue weighted by molar-refractivity contribution is -0.155. The van der Waals surface area contributed by atoms with Crippen molar-refractivity contribution in [1.82, 2.24) is 10.3 Å². The predicted molar refractivity (Wildman–Crippen MR) is 112 cm³/mol. The van der Waals surface area contributed by atoms with Crippen LogP contribution in [0, 0.1) is 5.92 Å². The van der Waals surface area contributed by atoms with Crippen molar-refractivity contribution < 1.29 is 14.3 Å². The molecule has 0 bridgehead atoms. The number of benzene rings is 1. The maximum atomic E-state index is 12.8. The molecular formula is C23H29N3O3. The summed E-state index contributed by atoms with van der Waals surface area (Å²) in [5.74, 6) is 0.177. The van der Waals surface area contributed by atoms with Crippen LogP contribution in [0.25, 0.3) is 0 Å². The van der Waals surface area contributed by atoms with E-state index in [1.165, 1.54) is 12.5 Å². The molecule has 0 saturated carbocycles. The molecule has 1 aromatic heterocycles. The fraction of sp³-hybridized carbons (Fsp3) is 0.435. The number of aryl methyl sites for hydroxylation is 1. The van der Waals surface area contributed by atoms with Crippen molar-refractivity contribution in [1.29, 1.82) is 0 Å². The molecule has 2 aromatic rings. The fourth-order valence-electron chi connectivity index (χ4n) is 4.29. The number of fused-ring (bicyclic) bond motifs is 1.